The first kappa shape index (κ1) is 26.6. The zero-order valence-corrected chi connectivity index (χ0v) is 21.0. The van der Waals surface area contributed by atoms with Crippen molar-refractivity contribution >= 4 is 11.6 Å². The highest BCUT2D eigenvalue weighted by Gasteiger charge is 2.34. The zero-order valence-electron chi connectivity index (χ0n) is 21.0. The van der Waals surface area contributed by atoms with Gasteiger partial charge in [0.2, 0.25) is 0 Å². The van der Waals surface area contributed by atoms with E-state index in [9.17, 15) is 18.0 Å². The number of nitrogens with one attached hydrogen (secondary N) is 1. The van der Waals surface area contributed by atoms with Gasteiger partial charge < -0.3 is 15.0 Å². The number of benzene rings is 2. The van der Waals surface area contributed by atoms with Crippen molar-refractivity contribution in [2.24, 2.45) is 0 Å². The van der Waals surface area contributed by atoms with Crippen LogP contribution < -0.4 is 10.1 Å². The number of halogens is 3. The van der Waals surface area contributed by atoms with Crippen LogP contribution in [-0.2, 0) is 17.5 Å². The largest absolute Gasteiger partial charge is 0.484 e. The normalized spacial score (nSPS) is 14.9. The van der Waals surface area contributed by atoms with Crippen LogP contribution in [0.5, 0.6) is 5.75 Å². The van der Waals surface area contributed by atoms with Crippen LogP contribution in [0.15, 0.2) is 60.9 Å². The molecule has 2 aromatic carbocycles. The number of amides is 1. The summed E-state index contributed by atoms with van der Waals surface area (Å²) < 4.78 is 47.1. The number of carbonyl (C=O) groups is 1. The van der Waals surface area contributed by atoms with Crippen molar-refractivity contribution in [3.63, 3.8) is 0 Å². The molecule has 37 heavy (non-hydrogen) atoms. The first-order chi connectivity index (χ1) is 17.7. The van der Waals surface area contributed by atoms with Gasteiger partial charge in [0.1, 0.15) is 5.75 Å². The van der Waals surface area contributed by atoms with E-state index in [1.54, 1.807) is 18.5 Å². The Kier molecular flexibility index (Phi) is 8.45. The molecule has 3 aromatic rings. The molecule has 1 N–H and O–H groups in total. The average molecular weight is 513 g/mol. The van der Waals surface area contributed by atoms with E-state index in [-0.39, 0.29) is 24.4 Å². The summed E-state index contributed by atoms with van der Waals surface area (Å²) in [4.78, 5) is 20.9. The van der Waals surface area contributed by atoms with Crippen molar-refractivity contribution in [1.82, 2.24) is 14.8 Å². The molecule has 2 heterocycles. The zero-order chi connectivity index (χ0) is 26.4. The minimum Gasteiger partial charge on any atom is -0.484 e. The van der Waals surface area contributed by atoms with Gasteiger partial charge in [0.15, 0.2) is 6.61 Å². The summed E-state index contributed by atoms with van der Waals surface area (Å²) in [7, 11) is 0. The van der Waals surface area contributed by atoms with Crippen LogP contribution in [0.2, 0.25) is 0 Å². The van der Waals surface area contributed by atoms with Crippen molar-refractivity contribution in [2.75, 3.05) is 44.6 Å². The van der Waals surface area contributed by atoms with Crippen molar-refractivity contribution in [1.29, 1.82) is 0 Å². The molecule has 196 valence electrons. The number of ether oxygens (including phenoxy) is 1. The molecule has 0 aliphatic carbocycles. The van der Waals surface area contributed by atoms with Crippen molar-refractivity contribution in [2.45, 2.75) is 26.6 Å². The maximum Gasteiger partial charge on any atom is 0.416 e. The third-order valence-corrected chi connectivity index (χ3v) is 6.55. The number of rotatable bonds is 8. The van der Waals surface area contributed by atoms with Crippen LogP contribution in [0.4, 0.5) is 18.9 Å². The molecule has 1 saturated heterocycles. The van der Waals surface area contributed by atoms with E-state index in [4.69, 9.17) is 4.74 Å². The smallest absolute Gasteiger partial charge is 0.416 e. The summed E-state index contributed by atoms with van der Waals surface area (Å²) >= 11 is 0. The molecule has 0 bridgehead atoms. The number of hydrogen-bond acceptors (Lipinski definition) is 5. The van der Waals surface area contributed by atoms with E-state index in [1.165, 1.54) is 12.1 Å². The van der Waals surface area contributed by atoms with E-state index >= 15 is 0 Å². The lowest BCUT2D eigenvalue weighted by Gasteiger charge is -2.34. The molecule has 4 rings (SSSR count). The summed E-state index contributed by atoms with van der Waals surface area (Å²) in [5, 5.41) is 2.53. The predicted octanol–water partition coefficient (Wildman–Crippen LogP) is 5.23. The highest BCUT2D eigenvalue weighted by Crippen LogP contribution is 2.34. The number of pyridine rings is 1. The van der Waals surface area contributed by atoms with Crippen LogP contribution >= 0.6 is 0 Å². The number of likely N-dealkylation sites (N-methyl/N-ethyl adjacent to an activating group) is 1. The Morgan fingerprint density at radius 3 is 2.46 bits per heavy atom. The van der Waals surface area contributed by atoms with Gasteiger partial charge in [0, 0.05) is 56.4 Å². The minimum atomic E-state index is -4.52. The second kappa shape index (κ2) is 11.7. The van der Waals surface area contributed by atoms with Crippen LogP contribution in [-0.4, -0.2) is 60.0 Å². The number of anilines is 1. The van der Waals surface area contributed by atoms with Crippen molar-refractivity contribution < 1.29 is 22.7 Å². The van der Waals surface area contributed by atoms with E-state index in [0.29, 0.717) is 5.75 Å². The average Bonchev–Trinajstić information content (AvgIpc) is 2.89. The first-order valence-corrected chi connectivity index (χ1v) is 12.3. The Bertz CT molecular complexity index is 1210. The van der Waals surface area contributed by atoms with E-state index in [0.717, 1.165) is 55.5 Å². The van der Waals surface area contributed by atoms with Crippen LogP contribution in [0.3, 0.4) is 0 Å². The lowest BCUT2D eigenvalue weighted by Crippen LogP contribution is -2.45. The summed E-state index contributed by atoms with van der Waals surface area (Å²) in [6.07, 6.45) is -1.05. The standard InChI is InChI=1S/C28H31F3N4O2/c1-3-34-11-13-35(14-12-34)18-22-6-7-23(16-26(22)28(29,30)31)33-27(36)19-37-24-8-9-25(20(2)15-24)21-5-4-10-32-17-21/h4-10,15-17H,3,11-14,18-19H2,1-2H3,(H,33,36). The topological polar surface area (TPSA) is 57.7 Å². The fourth-order valence-electron chi connectivity index (χ4n) is 4.48. The summed E-state index contributed by atoms with van der Waals surface area (Å²) in [6.45, 7) is 7.99. The molecule has 0 atom stereocenters. The Balaban J connectivity index is 1.37. The van der Waals surface area contributed by atoms with Gasteiger partial charge in [-0.1, -0.05) is 25.1 Å². The molecule has 1 aliphatic rings. The van der Waals surface area contributed by atoms with Crippen LogP contribution in [0.1, 0.15) is 23.6 Å². The summed E-state index contributed by atoms with van der Waals surface area (Å²) in [5.41, 5.74) is 2.48. The molecule has 0 radical (unpaired) electrons. The highest BCUT2D eigenvalue weighted by atomic mass is 19.4. The van der Waals surface area contributed by atoms with Crippen LogP contribution in [0.25, 0.3) is 11.1 Å². The molecule has 6 nitrogen and oxygen atoms in total. The van der Waals surface area contributed by atoms with Gasteiger partial charge in [-0.3, -0.25) is 14.7 Å². The second-order valence-electron chi connectivity index (χ2n) is 9.14. The molecular weight excluding hydrogens is 481 g/mol. The fraction of sp³-hybridized carbons (Fsp3) is 0.357. The number of aryl methyl sites for hydroxylation is 1. The number of hydrogen-bond donors (Lipinski definition) is 1. The third kappa shape index (κ3) is 7.08. The lowest BCUT2D eigenvalue weighted by atomic mass is 10.0. The maximum absolute atomic E-state index is 13.8. The van der Waals surface area contributed by atoms with Gasteiger partial charge in [0.05, 0.1) is 5.56 Å². The Morgan fingerprint density at radius 2 is 1.81 bits per heavy atom. The second-order valence-corrected chi connectivity index (χ2v) is 9.14. The summed E-state index contributed by atoms with van der Waals surface area (Å²) in [6, 6.07) is 13.2. The van der Waals surface area contributed by atoms with Gasteiger partial charge in [-0.2, -0.15) is 13.2 Å². The quantitative estimate of drug-likeness (QED) is 0.448. The SMILES string of the molecule is CCN1CCN(Cc2ccc(NC(=O)COc3ccc(-c4cccnc4)c(C)c3)cc2C(F)(F)F)CC1. The van der Waals surface area contributed by atoms with Gasteiger partial charge in [-0.15, -0.1) is 0 Å². The Hall–Kier alpha value is -3.43. The minimum absolute atomic E-state index is 0.0867. The van der Waals surface area contributed by atoms with Crippen molar-refractivity contribution in [3.8, 4) is 16.9 Å². The van der Waals surface area contributed by atoms with E-state index < -0.39 is 17.6 Å². The molecule has 0 saturated carbocycles. The van der Waals surface area contributed by atoms with Gasteiger partial charge in [0.25, 0.3) is 5.91 Å². The van der Waals surface area contributed by atoms with E-state index in [1.807, 2.05) is 36.1 Å². The Morgan fingerprint density at radius 1 is 1.05 bits per heavy atom. The van der Waals surface area contributed by atoms with Crippen LogP contribution in [0, 0.1) is 6.92 Å². The fourth-order valence-corrected chi connectivity index (χ4v) is 4.48. The molecular formula is C28H31F3N4O2. The Labute approximate surface area is 215 Å². The number of aromatic nitrogens is 1. The third-order valence-electron chi connectivity index (χ3n) is 6.55. The molecule has 9 heteroatoms. The monoisotopic (exact) mass is 512 g/mol. The van der Waals surface area contributed by atoms with Gasteiger partial charge in [-0.25, -0.2) is 0 Å². The highest BCUT2D eigenvalue weighted by molar-refractivity contribution is 5.92. The molecule has 1 amide bonds. The molecule has 0 spiro atoms. The van der Waals surface area contributed by atoms with Gasteiger partial charge in [-0.05, 0) is 60.5 Å². The number of carbonyl (C=O) groups excluding carboxylic acids is 1. The predicted molar refractivity (Wildman–Crippen MR) is 137 cm³/mol. The molecule has 0 unspecified atom stereocenters. The van der Waals surface area contributed by atoms with Gasteiger partial charge >= 0.3 is 6.18 Å². The lowest BCUT2D eigenvalue weighted by molar-refractivity contribution is -0.138. The van der Waals surface area contributed by atoms with Crippen molar-refractivity contribution in [3.05, 3.63) is 77.6 Å². The number of piperazine rings is 1. The maximum atomic E-state index is 13.8. The molecule has 1 fully saturated rings. The number of nitrogens with zero attached hydrogens (tertiary/aromatic N) is 3. The molecule has 1 aliphatic heterocycles. The number of alkyl halides is 3. The first-order valence-electron chi connectivity index (χ1n) is 12.3. The molecule has 1 aromatic heterocycles. The van der Waals surface area contributed by atoms with E-state index in [2.05, 4.69) is 22.1 Å². The summed E-state index contributed by atoms with van der Waals surface area (Å²) in [5.74, 6) is -0.0414.